The molecule has 0 amide bonds. The van der Waals surface area contributed by atoms with Gasteiger partial charge in [-0.05, 0) is 32.9 Å². The van der Waals surface area contributed by atoms with E-state index in [4.69, 9.17) is 0 Å². The van der Waals surface area contributed by atoms with Crippen LogP contribution in [-0.2, 0) is 27.9 Å². The summed E-state index contributed by atoms with van der Waals surface area (Å²) in [5.41, 5.74) is 1.02. The van der Waals surface area contributed by atoms with Gasteiger partial charge in [0.2, 0.25) is 0 Å². The van der Waals surface area contributed by atoms with Crippen LogP contribution < -0.4 is 0 Å². The first-order valence-corrected chi connectivity index (χ1v) is 8.67. The Kier molecular flexibility index (Phi) is 9.71. The molecule has 0 saturated carbocycles. The molecule has 1 aromatic carbocycles. The highest BCUT2D eigenvalue weighted by Gasteiger charge is 2.10. The minimum atomic E-state index is -3.51. The van der Waals surface area contributed by atoms with Gasteiger partial charge in [-0.2, -0.15) is 8.42 Å². The van der Waals surface area contributed by atoms with Crippen molar-refractivity contribution >= 4 is 18.4 Å². The maximum Gasteiger partial charge on any atom is 0.319 e. The Labute approximate surface area is 121 Å². The maximum absolute atomic E-state index is 11.1. The fourth-order valence-corrected chi connectivity index (χ4v) is 2.30. The van der Waals surface area contributed by atoms with Crippen LogP contribution >= 0.6 is 8.25 Å². The predicted octanol–water partition coefficient (Wildman–Crippen LogP) is 2.78. The summed E-state index contributed by atoms with van der Waals surface area (Å²) in [6.07, 6.45) is 0. The molecule has 0 aliphatic carbocycles. The minimum absolute atomic E-state index is 0.190. The van der Waals surface area contributed by atoms with Crippen LogP contribution in [0.15, 0.2) is 29.2 Å². The predicted molar refractivity (Wildman–Crippen MR) is 77.6 cm³/mol. The highest BCUT2D eigenvalue weighted by atomic mass is 32.2. The van der Waals surface area contributed by atoms with Crippen molar-refractivity contribution in [1.82, 2.24) is 0 Å². The van der Waals surface area contributed by atoms with E-state index in [2.05, 4.69) is 13.2 Å². The van der Waals surface area contributed by atoms with Crippen molar-refractivity contribution < 1.29 is 26.2 Å². The van der Waals surface area contributed by atoms with E-state index in [0.29, 0.717) is 13.2 Å². The summed E-state index contributed by atoms with van der Waals surface area (Å²) in [6.45, 7) is 6.36. The number of hydrogen-bond donors (Lipinski definition) is 0. The van der Waals surface area contributed by atoms with Gasteiger partial charge in [-0.15, -0.1) is 0 Å². The van der Waals surface area contributed by atoms with Crippen LogP contribution in [0.4, 0.5) is 0 Å². The quantitative estimate of drug-likeness (QED) is 0.591. The third-order valence-corrected chi connectivity index (χ3v) is 4.39. The molecule has 0 unspecified atom stereocenters. The molecule has 1 rings (SSSR count). The molecule has 8 heteroatoms. The fourth-order valence-electron chi connectivity index (χ4n) is 1.08. The lowest BCUT2D eigenvalue weighted by Crippen LogP contribution is -2.02. The first-order valence-electron chi connectivity index (χ1n) is 6.04. The van der Waals surface area contributed by atoms with E-state index in [1.165, 1.54) is 12.1 Å². The molecular weight excluding hydrogens is 303 g/mol. The molecule has 0 aromatic heterocycles. The molecule has 1 aromatic rings. The molecule has 0 heterocycles. The lowest BCUT2D eigenvalue weighted by atomic mass is 10.2. The van der Waals surface area contributed by atoms with Gasteiger partial charge in [0, 0.05) is 0 Å². The fraction of sp³-hybridized carbons (Fsp3) is 0.500. The summed E-state index contributed by atoms with van der Waals surface area (Å²) in [6, 6.07) is 6.50. The topological polar surface area (TPSA) is 78.9 Å². The van der Waals surface area contributed by atoms with Gasteiger partial charge in [0.1, 0.15) is 0 Å². The molecule has 0 fully saturated rings. The molecule has 0 atom stereocenters. The van der Waals surface area contributed by atoms with E-state index in [9.17, 15) is 13.0 Å². The molecule has 0 bridgehead atoms. The Morgan fingerprint density at radius 1 is 1.05 bits per heavy atom. The van der Waals surface area contributed by atoms with Crippen LogP contribution in [-0.4, -0.2) is 28.7 Å². The Balaban J connectivity index is 0.000000396. The Morgan fingerprint density at radius 2 is 1.50 bits per heavy atom. The summed E-state index contributed by atoms with van der Waals surface area (Å²) in [5.74, 6) is 0. The molecule has 6 nitrogen and oxygen atoms in total. The number of aryl methyl sites for hydroxylation is 1. The largest absolute Gasteiger partial charge is 0.319 e. The summed E-state index contributed by atoms with van der Waals surface area (Å²) < 4.78 is 46.1. The second-order valence-corrected chi connectivity index (χ2v) is 6.34. The number of rotatable bonds is 6. The van der Waals surface area contributed by atoms with Crippen molar-refractivity contribution in [3.63, 3.8) is 0 Å². The normalized spacial score (nSPS) is 11.1. The van der Waals surface area contributed by atoms with Gasteiger partial charge < -0.3 is 9.05 Å². The Hall–Kier alpha value is -0.720. The Bertz CT molecular complexity index is 489. The molecule has 0 saturated heterocycles. The van der Waals surface area contributed by atoms with Gasteiger partial charge in [-0.25, -0.2) is 0 Å². The van der Waals surface area contributed by atoms with Crippen LogP contribution in [0.3, 0.4) is 0 Å². The first kappa shape index (κ1) is 19.3. The van der Waals surface area contributed by atoms with Gasteiger partial charge >= 0.3 is 8.25 Å². The van der Waals surface area contributed by atoms with E-state index >= 15 is 0 Å². The van der Waals surface area contributed by atoms with Crippen LogP contribution in [0.25, 0.3) is 0 Å². The lowest BCUT2D eigenvalue weighted by molar-refractivity contribution is 0.243. The SMILES string of the molecule is CCO[PH](=O)OCC.COS(=O)(=O)c1ccc(C)cc1. The van der Waals surface area contributed by atoms with E-state index in [-0.39, 0.29) is 4.90 Å². The highest BCUT2D eigenvalue weighted by Crippen LogP contribution is 2.21. The minimum Gasteiger partial charge on any atom is -0.311 e. The average Bonchev–Trinajstić information content (AvgIpc) is 2.40. The van der Waals surface area contributed by atoms with Crippen LogP contribution in [0, 0.1) is 6.92 Å². The first-order chi connectivity index (χ1) is 9.37. The molecule has 0 radical (unpaired) electrons. The lowest BCUT2D eigenvalue weighted by Gasteiger charge is -2.00. The second-order valence-electron chi connectivity index (χ2n) is 3.55. The van der Waals surface area contributed by atoms with E-state index < -0.39 is 18.4 Å². The summed E-state index contributed by atoms with van der Waals surface area (Å²) in [7, 11) is -4.51. The van der Waals surface area contributed by atoms with E-state index in [0.717, 1.165) is 12.7 Å². The van der Waals surface area contributed by atoms with Gasteiger partial charge in [0.25, 0.3) is 10.1 Å². The van der Waals surface area contributed by atoms with Gasteiger partial charge in [0.15, 0.2) is 0 Å². The van der Waals surface area contributed by atoms with Crippen LogP contribution in [0.1, 0.15) is 19.4 Å². The standard InChI is InChI=1S/C8H10O3S.C4H11O3P/c1-7-3-5-8(6-4-7)12(9,10)11-2;1-3-6-8(5)7-4-2/h3-6H,1-2H3;8H,3-4H2,1-2H3. The molecule has 20 heavy (non-hydrogen) atoms. The van der Waals surface area contributed by atoms with Crippen LogP contribution in [0.5, 0.6) is 0 Å². The zero-order valence-electron chi connectivity index (χ0n) is 12.1. The summed E-state index contributed by atoms with van der Waals surface area (Å²) >= 11 is 0. The molecule has 0 N–H and O–H groups in total. The summed E-state index contributed by atoms with van der Waals surface area (Å²) in [4.78, 5) is 0.190. The molecule has 0 spiro atoms. The van der Waals surface area contributed by atoms with Crippen molar-refractivity contribution in [1.29, 1.82) is 0 Å². The van der Waals surface area contributed by atoms with Crippen molar-refractivity contribution in [3.05, 3.63) is 29.8 Å². The smallest absolute Gasteiger partial charge is 0.311 e. The maximum atomic E-state index is 11.1. The Morgan fingerprint density at radius 3 is 1.85 bits per heavy atom. The zero-order valence-corrected chi connectivity index (χ0v) is 13.9. The number of benzene rings is 1. The monoisotopic (exact) mass is 324 g/mol. The van der Waals surface area contributed by atoms with E-state index in [1.807, 2.05) is 6.92 Å². The van der Waals surface area contributed by atoms with E-state index in [1.54, 1.807) is 26.0 Å². The van der Waals surface area contributed by atoms with Gasteiger partial charge in [0.05, 0.1) is 25.2 Å². The summed E-state index contributed by atoms with van der Waals surface area (Å²) in [5, 5.41) is 0. The average molecular weight is 324 g/mol. The third kappa shape index (κ3) is 7.77. The molecular formula is C12H21O6PS. The zero-order chi connectivity index (χ0) is 15.6. The van der Waals surface area contributed by atoms with Gasteiger partial charge in [-0.1, -0.05) is 17.7 Å². The molecule has 0 aliphatic rings. The van der Waals surface area contributed by atoms with Gasteiger partial charge in [-0.3, -0.25) is 8.75 Å². The van der Waals surface area contributed by atoms with Crippen molar-refractivity contribution in [2.45, 2.75) is 25.7 Å². The second kappa shape index (κ2) is 10.1. The number of hydrogen-bond acceptors (Lipinski definition) is 6. The van der Waals surface area contributed by atoms with Crippen LogP contribution in [0.2, 0.25) is 0 Å². The van der Waals surface area contributed by atoms with Crippen molar-refractivity contribution in [2.24, 2.45) is 0 Å². The van der Waals surface area contributed by atoms with Crippen molar-refractivity contribution in [3.8, 4) is 0 Å². The molecule has 0 aliphatic heterocycles. The third-order valence-electron chi connectivity index (χ3n) is 2.05. The molecule has 116 valence electrons. The van der Waals surface area contributed by atoms with Crippen molar-refractivity contribution in [2.75, 3.05) is 20.3 Å². The highest BCUT2D eigenvalue weighted by molar-refractivity contribution is 7.86.